The maximum absolute atomic E-state index is 13.4. The second-order valence-electron chi connectivity index (χ2n) is 7.85. The molecule has 4 nitrogen and oxygen atoms in total. The van der Waals surface area contributed by atoms with Gasteiger partial charge in [0.25, 0.3) is 0 Å². The molecule has 5 rings (SSSR count). The third-order valence-corrected chi connectivity index (χ3v) is 6.52. The Hall–Kier alpha value is -2.27. The molecule has 4 atom stereocenters. The molecule has 5 heteroatoms. The van der Waals surface area contributed by atoms with Crippen molar-refractivity contribution in [2.75, 3.05) is 20.4 Å². The maximum atomic E-state index is 13.4. The number of ether oxygens (including phenoxy) is 3. The number of nitrogens with zero attached hydrogens (tertiary/aromatic N) is 1. The van der Waals surface area contributed by atoms with Crippen molar-refractivity contribution >= 4 is 0 Å². The summed E-state index contributed by atoms with van der Waals surface area (Å²) in [6, 6.07) is 13.9. The summed E-state index contributed by atoms with van der Waals surface area (Å²) < 4.78 is 30.4. The highest BCUT2D eigenvalue weighted by atomic mass is 19.1. The number of fused-ring (bicyclic) bond motifs is 3. The van der Waals surface area contributed by atoms with Crippen molar-refractivity contribution < 1.29 is 18.6 Å². The fourth-order valence-electron chi connectivity index (χ4n) is 5.06. The lowest BCUT2D eigenvalue weighted by Gasteiger charge is -2.43. The second-order valence-corrected chi connectivity index (χ2v) is 7.85. The van der Waals surface area contributed by atoms with Crippen molar-refractivity contribution in [2.45, 2.75) is 37.3 Å². The monoisotopic (exact) mass is 369 g/mol. The maximum Gasteiger partial charge on any atom is 0.231 e. The molecule has 0 spiro atoms. The molecule has 27 heavy (non-hydrogen) atoms. The van der Waals surface area contributed by atoms with Gasteiger partial charge in [-0.1, -0.05) is 12.1 Å². The Bertz CT molecular complexity index is 825. The first-order valence-electron chi connectivity index (χ1n) is 9.69. The molecule has 2 fully saturated rings. The van der Waals surface area contributed by atoms with Crippen molar-refractivity contribution in [3.63, 3.8) is 0 Å². The van der Waals surface area contributed by atoms with Gasteiger partial charge in [0.15, 0.2) is 11.5 Å². The van der Waals surface area contributed by atoms with E-state index in [0.29, 0.717) is 30.5 Å². The lowest BCUT2D eigenvalue weighted by molar-refractivity contribution is 0.0665. The van der Waals surface area contributed by atoms with Gasteiger partial charge in [0.1, 0.15) is 11.6 Å². The Labute approximate surface area is 158 Å². The van der Waals surface area contributed by atoms with E-state index in [9.17, 15) is 4.39 Å². The third kappa shape index (κ3) is 3.04. The first-order valence-corrected chi connectivity index (χ1v) is 9.69. The van der Waals surface area contributed by atoms with E-state index in [0.717, 1.165) is 23.7 Å². The molecule has 142 valence electrons. The molecule has 3 heterocycles. The minimum atomic E-state index is -0.178. The van der Waals surface area contributed by atoms with Crippen molar-refractivity contribution in [1.29, 1.82) is 0 Å². The lowest BCUT2D eigenvalue weighted by Crippen LogP contribution is -2.47. The van der Waals surface area contributed by atoms with Crippen molar-refractivity contribution in [2.24, 2.45) is 5.92 Å². The van der Waals surface area contributed by atoms with Crippen LogP contribution in [0.5, 0.6) is 17.2 Å². The number of rotatable bonds is 4. The van der Waals surface area contributed by atoms with E-state index in [1.165, 1.54) is 18.4 Å². The van der Waals surface area contributed by atoms with Crippen LogP contribution in [-0.4, -0.2) is 37.4 Å². The van der Waals surface area contributed by atoms with Gasteiger partial charge in [0.05, 0.1) is 6.61 Å². The summed E-state index contributed by atoms with van der Waals surface area (Å²) in [6.07, 6.45) is 3.54. The molecule has 0 aromatic heterocycles. The molecule has 0 N–H and O–H groups in total. The summed E-state index contributed by atoms with van der Waals surface area (Å²) in [7, 11) is 2.23. The quantitative estimate of drug-likeness (QED) is 0.808. The van der Waals surface area contributed by atoms with Crippen LogP contribution < -0.4 is 14.2 Å². The zero-order valence-corrected chi connectivity index (χ0v) is 15.4. The molecule has 0 saturated carbocycles. The van der Waals surface area contributed by atoms with Crippen LogP contribution in [0.3, 0.4) is 0 Å². The van der Waals surface area contributed by atoms with Gasteiger partial charge in [-0.2, -0.15) is 0 Å². The molecule has 0 amide bonds. The molecule has 2 aromatic carbocycles. The van der Waals surface area contributed by atoms with Crippen molar-refractivity contribution in [1.82, 2.24) is 4.90 Å². The Kier molecular flexibility index (Phi) is 4.20. The Morgan fingerprint density at radius 2 is 1.89 bits per heavy atom. The summed E-state index contributed by atoms with van der Waals surface area (Å²) in [5.41, 5.74) is 1.22. The summed E-state index contributed by atoms with van der Waals surface area (Å²) in [5.74, 6) is 2.91. The van der Waals surface area contributed by atoms with Crippen molar-refractivity contribution in [3.8, 4) is 17.2 Å². The summed E-state index contributed by atoms with van der Waals surface area (Å²) in [6.45, 7) is 0.908. The van der Waals surface area contributed by atoms with E-state index >= 15 is 0 Å². The Morgan fingerprint density at radius 3 is 2.74 bits per heavy atom. The van der Waals surface area contributed by atoms with Crippen LogP contribution in [0, 0.1) is 11.7 Å². The fraction of sp³-hybridized carbons (Fsp3) is 0.455. The molecule has 3 aliphatic heterocycles. The van der Waals surface area contributed by atoms with Gasteiger partial charge >= 0.3 is 0 Å². The van der Waals surface area contributed by atoms with Crippen LogP contribution in [0.1, 0.15) is 30.7 Å². The first kappa shape index (κ1) is 16.9. The first-order chi connectivity index (χ1) is 13.2. The number of piperidine rings is 1. The largest absolute Gasteiger partial charge is 0.493 e. The predicted octanol–water partition coefficient (Wildman–Crippen LogP) is 4.20. The normalized spacial score (nSPS) is 29.1. The van der Waals surface area contributed by atoms with Gasteiger partial charge < -0.3 is 19.1 Å². The minimum Gasteiger partial charge on any atom is -0.493 e. The highest BCUT2D eigenvalue weighted by Crippen LogP contribution is 2.46. The van der Waals surface area contributed by atoms with Gasteiger partial charge in [-0.3, -0.25) is 0 Å². The number of halogens is 1. The molecule has 2 saturated heterocycles. The van der Waals surface area contributed by atoms with E-state index in [-0.39, 0.29) is 12.6 Å². The highest BCUT2D eigenvalue weighted by molar-refractivity contribution is 5.46. The fourth-order valence-corrected chi connectivity index (χ4v) is 5.06. The average molecular weight is 369 g/mol. The van der Waals surface area contributed by atoms with E-state index in [4.69, 9.17) is 14.2 Å². The Balaban J connectivity index is 1.37. The van der Waals surface area contributed by atoms with Gasteiger partial charge in [-0.25, -0.2) is 4.39 Å². The molecule has 0 radical (unpaired) electrons. The van der Waals surface area contributed by atoms with E-state index in [2.05, 4.69) is 11.9 Å². The summed E-state index contributed by atoms with van der Waals surface area (Å²) in [4.78, 5) is 2.52. The minimum absolute atomic E-state index is 0.178. The topological polar surface area (TPSA) is 30.9 Å². The lowest BCUT2D eigenvalue weighted by atomic mass is 9.76. The van der Waals surface area contributed by atoms with Gasteiger partial charge in [0, 0.05) is 24.1 Å². The van der Waals surface area contributed by atoms with Crippen LogP contribution in [-0.2, 0) is 0 Å². The van der Waals surface area contributed by atoms with Crippen LogP contribution in [0.25, 0.3) is 0 Å². The summed E-state index contributed by atoms with van der Waals surface area (Å²) in [5, 5.41) is 0. The standard InChI is InChI=1S/C22H24FNO3/c1-24-16-6-8-20(24)19(18(10-16)14-2-4-15(23)5-3-14)12-25-17-7-9-21-22(11-17)27-13-26-21/h2-5,7,9,11,16,18-20H,6,8,10,12-13H2,1H3/t16-,18-,19-,20+/m1/s1. The van der Waals surface area contributed by atoms with E-state index < -0.39 is 0 Å². The predicted molar refractivity (Wildman–Crippen MR) is 99.9 cm³/mol. The number of hydrogen-bond donors (Lipinski definition) is 0. The molecular formula is C22H24FNO3. The Morgan fingerprint density at radius 1 is 1.07 bits per heavy atom. The molecule has 2 aromatic rings. The third-order valence-electron chi connectivity index (χ3n) is 6.52. The summed E-state index contributed by atoms with van der Waals surface area (Å²) >= 11 is 0. The average Bonchev–Trinajstić information content (AvgIpc) is 3.23. The van der Waals surface area contributed by atoms with E-state index in [1.807, 2.05) is 30.3 Å². The van der Waals surface area contributed by atoms with Crippen LogP contribution in [0.15, 0.2) is 42.5 Å². The van der Waals surface area contributed by atoms with Crippen molar-refractivity contribution in [3.05, 3.63) is 53.8 Å². The van der Waals surface area contributed by atoms with E-state index in [1.54, 1.807) is 12.1 Å². The van der Waals surface area contributed by atoms with Gasteiger partial charge in [-0.05, 0) is 62.1 Å². The zero-order chi connectivity index (χ0) is 18.4. The highest BCUT2D eigenvalue weighted by Gasteiger charge is 2.46. The van der Waals surface area contributed by atoms with Gasteiger partial charge in [0.2, 0.25) is 6.79 Å². The molecule has 0 aliphatic carbocycles. The van der Waals surface area contributed by atoms with Crippen LogP contribution >= 0.6 is 0 Å². The van der Waals surface area contributed by atoms with Crippen LogP contribution in [0.2, 0.25) is 0 Å². The van der Waals surface area contributed by atoms with Crippen LogP contribution in [0.4, 0.5) is 4.39 Å². The zero-order valence-electron chi connectivity index (χ0n) is 15.4. The molecule has 2 bridgehead atoms. The van der Waals surface area contributed by atoms with Gasteiger partial charge in [-0.15, -0.1) is 0 Å². The number of benzene rings is 2. The number of hydrogen-bond acceptors (Lipinski definition) is 4. The second kappa shape index (κ2) is 6.71. The molecule has 0 unspecified atom stereocenters. The smallest absolute Gasteiger partial charge is 0.231 e. The SMILES string of the molecule is CN1[C@@H]2CC[C@H]1[C@H](COc1ccc3c(c1)OCO3)[C@@H](c1ccc(F)cc1)C2. The molecule has 3 aliphatic rings. The molecular weight excluding hydrogens is 345 g/mol.